The molecule has 0 bridgehead atoms. The van der Waals surface area contributed by atoms with Crippen molar-refractivity contribution in [1.82, 2.24) is 15.2 Å². The Morgan fingerprint density at radius 3 is 2.76 bits per heavy atom. The molecule has 5 heteroatoms. The van der Waals surface area contributed by atoms with Gasteiger partial charge in [-0.25, -0.2) is 0 Å². The van der Waals surface area contributed by atoms with Gasteiger partial charge >= 0.3 is 0 Å². The van der Waals surface area contributed by atoms with E-state index in [-0.39, 0.29) is 24.4 Å². The summed E-state index contributed by atoms with van der Waals surface area (Å²) in [5.74, 6) is -0.374. The second-order valence-electron chi connectivity index (χ2n) is 6.49. The van der Waals surface area contributed by atoms with Crippen LogP contribution in [-0.4, -0.2) is 34.8 Å². The Kier molecular flexibility index (Phi) is 5.12. The van der Waals surface area contributed by atoms with Crippen LogP contribution in [0.1, 0.15) is 46.1 Å². The van der Waals surface area contributed by atoms with E-state index < -0.39 is 0 Å². The highest BCUT2D eigenvalue weighted by Gasteiger charge is 2.30. The summed E-state index contributed by atoms with van der Waals surface area (Å²) in [6.45, 7) is 4.91. The average molecular weight is 337 g/mol. The molecule has 2 amide bonds. The molecule has 1 N–H and O–H groups in total. The molecular weight excluding hydrogens is 314 g/mol. The van der Waals surface area contributed by atoms with Crippen LogP contribution in [0.25, 0.3) is 0 Å². The van der Waals surface area contributed by atoms with Gasteiger partial charge in [-0.15, -0.1) is 0 Å². The number of pyridine rings is 1. The molecule has 1 unspecified atom stereocenters. The lowest BCUT2D eigenvalue weighted by Crippen LogP contribution is -2.40. The summed E-state index contributed by atoms with van der Waals surface area (Å²) in [5.41, 5.74) is 3.98. The van der Waals surface area contributed by atoms with Crippen molar-refractivity contribution in [2.75, 3.05) is 13.1 Å². The fraction of sp³-hybridized carbons (Fsp3) is 0.350. The zero-order valence-corrected chi connectivity index (χ0v) is 14.7. The van der Waals surface area contributed by atoms with Gasteiger partial charge in [0.1, 0.15) is 5.69 Å². The van der Waals surface area contributed by atoms with E-state index in [0.29, 0.717) is 5.69 Å². The first kappa shape index (κ1) is 17.1. The Morgan fingerprint density at radius 2 is 2.04 bits per heavy atom. The van der Waals surface area contributed by atoms with Gasteiger partial charge in [0.15, 0.2) is 0 Å². The number of aryl methyl sites for hydroxylation is 2. The first-order chi connectivity index (χ1) is 12.1. The lowest BCUT2D eigenvalue weighted by atomic mass is 9.99. The number of nitrogens with one attached hydrogen (secondary N) is 1. The highest BCUT2D eigenvalue weighted by Crippen LogP contribution is 2.32. The Hall–Kier alpha value is -2.69. The van der Waals surface area contributed by atoms with Crippen LogP contribution >= 0.6 is 0 Å². The highest BCUT2D eigenvalue weighted by atomic mass is 16.2. The van der Waals surface area contributed by atoms with Gasteiger partial charge in [0.2, 0.25) is 5.91 Å². The molecule has 0 spiro atoms. The highest BCUT2D eigenvalue weighted by molar-refractivity contribution is 5.94. The summed E-state index contributed by atoms with van der Waals surface area (Å²) in [7, 11) is 0. The summed E-state index contributed by atoms with van der Waals surface area (Å²) in [4.78, 5) is 30.5. The summed E-state index contributed by atoms with van der Waals surface area (Å²) in [6.07, 6.45) is 3.51. The number of carbonyl (C=O) groups excluding carboxylic acids is 2. The molecule has 2 aromatic rings. The monoisotopic (exact) mass is 337 g/mol. The van der Waals surface area contributed by atoms with Gasteiger partial charge < -0.3 is 10.2 Å². The van der Waals surface area contributed by atoms with Gasteiger partial charge in [-0.2, -0.15) is 0 Å². The molecule has 0 radical (unpaired) electrons. The van der Waals surface area contributed by atoms with Crippen molar-refractivity contribution in [3.05, 3.63) is 65.0 Å². The fourth-order valence-corrected chi connectivity index (χ4v) is 3.23. The third-order valence-corrected chi connectivity index (χ3v) is 4.79. The fourth-order valence-electron chi connectivity index (χ4n) is 3.23. The predicted octanol–water partition coefficient (Wildman–Crippen LogP) is 2.79. The van der Waals surface area contributed by atoms with Crippen LogP contribution in [0, 0.1) is 13.8 Å². The summed E-state index contributed by atoms with van der Waals surface area (Å²) in [5, 5.41) is 2.68. The zero-order valence-electron chi connectivity index (χ0n) is 14.7. The maximum atomic E-state index is 12.6. The van der Waals surface area contributed by atoms with E-state index in [1.807, 2.05) is 4.90 Å². The standard InChI is InChI=1S/C20H23N3O2/c1-14-8-9-16(12-15(14)2)18-7-5-11-23(18)19(24)13-22-20(25)17-6-3-4-10-21-17/h3-4,6,8-10,12,18H,5,7,11,13H2,1-2H3,(H,22,25). The normalized spacial score (nSPS) is 16.7. The topological polar surface area (TPSA) is 62.3 Å². The van der Waals surface area contributed by atoms with Crippen molar-refractivity contribution in [2.45, 2.75) is 32.7 Å². The van der Waals surface area contributed by atoms with Gasteiger partial charge in [0.25, 0.3) is 5.91 Å². The van der Waals surface area contributed by atoms with E-state index in [1.165, 1.54) is 16.7 Å². The number of benzene rings is 1. The van der Waals surface area contributed by atoms with Crippen molar-refractivity contribution in [3.63, 3.8) is 0 Å². The van der Waals surface area contributed by atoms with Crippen molar-refractivity contribution in [1.29, 1.82) is 0 Å². The Bertz CT molecular complexity index is 774. The molecule has 1 aromatic heterocycles. The van der Waals surface area contributed by atoms with Crippen molar-refractivity contribution >= 4 is 11.8 Å². The molecule has 1 aliphatic heterocycles. The van der Waals surface area contributed by atoms with E-state index in [2.05, 4.69) is 42.3 Å². The summed E-state index contributed by atoms with van der Waals surface area (Å²) in [6, 6.07) is 11.6. The van der Waals surface area contributed by atoms with Gasteiger partial charge in [-0.05, 0) is 55.5 Å². The van der Waals surface area contributed by atoms with E-state index in [1.54, 1.807) is 24.4 Å². The molecule has 1 aromatic carbocycles. The molecule has 5 nitrogen and oxygen atoms in total. The molecule has 1 aliphatic rings. The molecule has 1 saturated heterocycles. The average Bonchev–Trinajstić information content (AvgIpc) is 3.12. The number of aromatic nitrogens is 1. The van der Waals surface area contributed by atoms with Gasteiger partial charge in [0.05, 0.1) is 12.6 Å². The van der Waals surface area contributed by atoms with E-state index in [9.17, 15) is 9.59 Å². The second kappa shape index (κ2) is 7.47. The molecule has 130 valence electrons. The minimum Gasteiger partial charge on any atom is -0.342 e. The van der Waals surface area contributed by atoms with E-state index in [0.717, 1.165) is 19.4 Å². The smallest absolute Gasteiger partial charge is 0.270 e. The lowest BCUT2D eigenvalue weighted by molar-refractivity contribution is -0.131. The van der Waals surface area contributed by atoms with Crippen molar-refractivity contribution < 1.29 is 9.59 Å². The van der Waals surface area contributed by atoms with Gasteiger partial charge in [-0.1, -0.05) is 24.3 Å². The number of rotatable bonds is 4. The molecule has 0 aliphatic carbocycles. The summed E-state index contributed by atoms with van der Waals surface area (Å²) < 4.78 is 0. The predicted molar refractivity (Wildman–Crippen MR) is 96.2 cm³/mol. The first-order valence-corrected chi connectivity index (χ1v) is 8.62. The minimum atomic E-state index is -0.323. The van der Waals surface area contributed by atoms with Gasteiger partial charge in [0, 0.05) is 12.7 Å². The SMILES string of the molecule is Cc1ccc(C2CCCN2C(=O)CNC(=O)c2ccccn2)cc1C. The van der Waals surface area contributed by atoms with Crippen molar-refractivity contribution in [2.24, 2.45) is 0 Å². The van der Waals surface area contributed by atoms with E-state index in [4.69, 9.17) is 0 Å². The Labute approximate surface area is 148 Å². The number of hydrogen-bond acceptors (Lipinski definition) is 3. The Morgan fingerprint density at radius 1 is 1.20 bits per heavy atom. The molecule has 25 heavy (non-hydrogen) atoms. The largest absolute Gasteiger partial charge is 0.342 e. The second-order valence-corrected chi connectivity index (χ2v) is 6.49. The lowest BCUT2D eigenvalue weighted by Gasteiger charge is -2.25. The minimum absolute atomic E-state index is 0.00322. The molecule has 1 fully saturated rings. The van der Waals surface area contributed by atoms with Crippen LogP contribution in [-0.2, 0) is 4.79 Å². The summed E-state index contributed by atoms with van der Waals surface area (Å²) >= 11 is 0. The molecular formula is C20H23N3O2. The van der Waals surface area contributed by atoms with Gasteiger partial charge in [-0.3, -0.25) is 14.6 Å². The van der Waals surface area contributed by atoms with Crippen LogP contribution in [0.3, 0.4) is 0 Å². The van der Waals surface area contributed by atoms with Crippen LogP contribution in [0.4, 0.5) is 0 Å². The third-order valence-electron chi connectivity index (χ3n) is 4.79. The van der Waals surface area contributed by atoms with Crippen molar-refractivity contribution in [3.8, 4) is 0 Å². The molecule has 2 heterocycles. The molecule has 3 rings (SSSR count). The Balaban J connectivity index is 1.64. The third kappa shape index (κ3) is 3.87. The van der Waals surface area contributed by atoms with Crippen LogP contribution in [0.15, 0.2) is 42.6 Å². The quantitative estimate of drug-likeness (QED) is 0.933. The maximum absolute atomic E-state index is 12.6. The number of amides is 2. The number of hydrogen-bond donors (Lipinski definition) is 1. The van der Waals surface area contributed by atoms with Crippen LogP contribution < -0.4 is 5.32 Å². The number of likely N-dealkylation sites (tertiary alicyclic amines) is 1. The van der Waals surface area contributed by atoms with E-state index >= 15 is 0 Å². The van der Waals surface area contributed by atoms with Crippen LogP contribution in [0.2, 0.25) is 0 Å². The molecule has 0 saturated carbocycles. The molecule has 1 atom stereocenters. The number of nitrogens with zero attached hydrogens (tertiary/aromatic N) is 2. The zero-order chi connectivity index (χ0) is 17.8. The maximum Gasteiger partial charge on any atom is 0.270 e. The number of carbonyl (C=O) groups is 2. The first-order valence-electron chi connectivity index (χ1n) is 8.62. The van der Waals surface area contributed by atoms with Crippen LogP contribution in [0.5, 0.6) is 0 Å².